The number of benzene rings is 1. The summed E-state index contributed by atoms with van der Waals surface area (Å²) >= 11 is 0.678. The smallest absolute Gasteiger partial charge is 0.159 e. The Labute approximate surface area is 69.4 Å². The Bertz CT molecular complexity index is 253. The van der Waals surface area contributed by atoms with Crippen molar-refractivity contribution in [3.63, 3.8) is 0 Å². The van der Waals surface area contributed by atoms with Gasteiger partial charge in [-0.05, 0) is 19.1 Å². The van der Waals surface area contributed by atoms with Crippen LogP contribution >= 0.6 is 12.0 Å². The molecular formula is C8H8O2S. The van der Waals surface area contributed by atoms with Crippen molar-refractivity contribution in [2.45, 2.75) is 11.8 Å². The number of carbonyl (C=O) groups is 1. The van der Waals surface area contributed by atoms with Gasteiger partial charge in [-0.2, -0.15) is 0 Å². The van der Waals surface area contributed by atoms with E-state index in [-0.39, 0.29) is 5.78 Å². The second-order valence-corrected chi connectivity index (χ2v) is 2.83. The molecule has 0 radical (unpaired) electrons. The number of hydrogen-bond donors (Lipinski definition) is 1. The van der Waals surface area contributed by atoms with Crippen LogP contribution in [0.2, 0.25) is 0 Å². The molecule has 0 saturated carbocycles. The van der Waals surface area contributed by atoms with E-state index in [0.717, 1.165) is 4.90 Å². The van der Waals surface area contributed by atoms with E-state index in [9.17, 15) is 4.79 Å². The number of rotatable bonds is 2. The van der Waals surface area contributed by atoms with Gasteiger partial charge < -0.3 is 4.55 Å². The van der Waals surface area contributed by atoms with Gasteiger partial charge in [-0.25, -0.2) is 0 Å². The first-order chi connectivity index (χ1) is 5.24. The van der Waals surface area contributed by atoms with E-state index in [0.29, 0.717) is 17.6 Å². The summed E-state index contributed by atoms with van der Waals surface area (Å²) in [6.07, 6.45) is 0. The van der Waals surface area contributed by atoms with Gasteiger partial charge in [0.25, 0.3) is 0 Å². The lowest BCUT2D eigenvalue weighted by molar-refractivity contribution is 0.101. The maximum Gasteiger partial charge on any atom is 0.159 e. The molecular weight excluding hydrogens is 160 g/mol. The molecule has 0 aliphatic carbocycles. The van der Waals surface area contributed by atoms with Crippen molar-refractivity contribution < 1.29 is 9.35 Å². The molecule has 0 heterocycles. The maximum absolute atomic E-state index is 10.8. The van der Waals surface area contributed by atoms with Gasteiger partial charge in [0.2, 0.25) is 0 Å². The van der Waals surface area contributed by atoms with Gasteiger partial charge in [0.05, 0.1) is 0 Å². The minimum absolute atomic E-state index is 0.0412. The van der Waals surface area contributed by atoms with Crippen molar-refractivity contribution in [2.24, 2.45) is 0 Å². The van der Waals surface area contributed by atoms with Crippen molar-refractivity contribution in [1.82, 2.24) is 0 Å². The highest BCUT2D eigenvalue weighted by molar-refractivity contribution is 7.93. The summed E-state index contributed by atoms with van der Waals surface area (Å²) in [5, 5.41) is 0. The van der Waals surface area contributed by atoms with Crippen LogP contribution < -0.4 is 0 Å². The summed E-state index contributed by atoms with van der Waals surface area (Å²) in [4.78, 5) is 11.5. The van der Waals surface area contributed by atoms with Crippen molar-refractivity contribution in [3.05, 3.63) is 29.8 Å². The lowest BCUT2D eigenvalue weighted by Gasteiger charge is -1.95. The molecule has 58 valence electrons. The molecule has 0 fully saturated rings. The summed E-state index contributed by atoms with van der Waals surface area (Å²) < 4.78 is 8.60. The van der Waals surface area contributed by atoms with Crippen LogP contribution in [0.1, 0.15) is 17.3 Å². The monoisotopic (exact) mass is 168 g/mol. The fourth-order valence-electron chi connectivity index (χ4n) is 0.751. The predicted octanol–water partition coefficient (Wildman–Crippen LogP) is 2.45. The largest absolute Gasteiger partial charge is 0.325 e. The Morgan fingerprint density at radius 1 is 1.36 bits per heavy atom. The van der Waals surface area contributed by atoms with E-state index in [1.807, 2.05) is 0 Å². The maximum atomic E-state index is 10.8. The molecule has 1 aromatic carbocycles. The van der Waals surface area contributed by atoms with Crippen LogP contribution in [0.5, 0.6) is 0 Å². The van der Waals surface area contributed by atoms with Gasteiger partial charge in [-0.3, -0.25) is 4.79 Å². The second-order valence-electron chi connectivity index (χ2n) is 2.17. The lowest BCUT2D eigenvalue weighted by Crippen LogP contribution is -1.89. The van der Waals surface area contributed by atoms with Crippen LogP contribution in [0.25, 0.3) is 0 Å². The molecule has 0 atom stereocenters. The lowest BCUT2D eigenvalue weighted by atomic mass is 10.2. The quantitative estimate of drug-likeness (QED) is 0.544. The standard InChI is InChI=1S/C8H8O2S/c1-6(9)7-2-4-8(11-10)5-3-7/h2-5,10H,1H3. The van der Waals surface area contributed by atoms with E-state index in [1.54, 1.807) is 24.3 Å². The summed E-state index contributed by atoms with van der Waals surface area (Å²) in [7, 11) is 0. The second kappa shape index (κ2) is 3.55. The summed E-state index contributed by atoms with van der Waals surface area (Å²) in [5.41, 5.74) is 0.669. The van der Waals surface area contributed by atoms with Crippen molar-refractivity contribution in [1.29, 1.82) is 0 Å². The van der Waals surface area contributed by atoms with Crippen LogP contribution in [0.4, 0.5) is 0 Å². The van der Waals surface area contributed by atoms with Crippen molar-refractivity contribution in [3.8, 4) is 0 Å². The average molecular weight is 168 g/mol. The molecule has 0 saturated heterocycles. The Morgan fingerprint density at radius 2 is 1.91 bits per heavy atom. The summed E-state index contributed by atoms with van der Waals surface area (Å²) in [5.74, 6) is 0.0412. The minimum Gasteiger partial charge on any atom is -0.325 e. The molecule has 0 aromatic heterocycles. The van der Waals surface area contributed by atoms with Crippen molar-refractivity contribution >= 4 is 17.8 Å². The fraction of sp³-hybridized carbons (Fsp3) is 0.125. The molecule has 0 amide bonds. The van der Waals surface area contributed by atoms with Gasteiger partial charge in [-0.15, -0.1) is 0 Å². The zero-order valence-electron chi connectivity index (χ0n) is 6.07. The molecule has 11 heavy (non-hydrogen) atoms. The van der Waals surface area contributed by atoms with Crippen LogP contribution in [-0.2, 0) is 0 Å². The van der Waals surface area contributed by atoms with Gasteiger partial charge in [0.15, 0.2) is 5.78 Å². The van der Waals surface area contributed by atoms with Crippen LogP contribution in [0.15, 0.2) is 29.2 Å². The molecule has 0 unspecified atom stereocenters. The number of hydrogen-bond acceptors (Lipinski definition) is 3. The van der Waals surface area contributed by atoms with E-state index < -0.39 is 0 Å². The third-order valence-electron chi connectivity index (χ3n) is 1.37. The van der Waals surface area contributed by atoms with Gasteiger partial charge in [0.1, 0.15) is 0 Å². The molecule has 0 aliphatic rings. The predicted molar refractivity (Wildman–Crippen MR) is 44.9 cm³/mol. The first-order valence-electron chi connectivity index (χ1n) is 3.16. The normalized spacial score (nSPS) is 9.64. The Kier molecular flexibility index (Phi) is 2.68. The average Bonchev–Trinajstić information content (AvgIpc) is 2.05. The van der Waals surface area contributed by atoms with Gasteiger partial charge >= 0.3 is 0 Å². The zero-order valence-corrected chi connectivity index (χ0v) is 6.89. The van der Waals surface area contributed by atoms with E-state index in [4.69, 9.17) is 4.55 Å². The number of carbonyl (C=O) groups excluding carboxylic acids is 1. The highest BCUT2D eigenvalue weighted by Crippen LogP contribution is 2.14. The molecule has 0 aliphatic heterocycles. The molecule has 1 N–H and O–H groups in total. The fourth-order valence-corrected chi connectivity index (χ4v) is 1.01. The summed E-state index contributed by atoms with van der Waals surface area (Å²) in [6.45, 7) is 1.51. The summed E-state index contributed by atoms with van der Waals surface area (Å²) in [6, 6.07) is 6.81. The van der Waals surface area contributed by atoms with Gasteiger partial charge in [0, 0.05) is 22.5 Å². The SMILES string of the molecule is CC(=O)c1ccc(SO)cc1. The molecule has 3 heteroatoms. The first kappa shape index (κ1) is 8.30. The third kappa shape index (κ3) is 2.06. The topological polar surface area (TPSA) is 37.3 Å². The molecule has 0 bridgehead atoms. The molecule has 1 rings (SSSR count). The van der Waals surface area contributed by atoms with E-state index in [2.05, 4.69) is 0 Å². The number of ketones is 1. The van der Waals surface area contributed by atoms with Crippen LogP contribution in [-0.4, -0.2) is 10.3 Å². The molecule has 0 spiro atoms. The number of Topliss-reactive ketones (excluding diaryl/α,β-unsaturated/α-hetero) is 1. The first-order valence-corrected chi connectivity index (χ1v) is 3.94. The third-order valence-corrected chi connectivity index (χ3v) is 1.85. The van der Waals surface area contributed by atoms with E-state index in [1.165, 1.54) is 6.92 Å². The Balaban J connectivity index is 2.91. The molecule has 1 aromatic rings. The highest BCUT2D eigenvalue weighted by Gasteiger charge is 1.97. The van der Waals surface area contributed by atoms with Crippen LogP contribution in [0, 0.1) is 0 Å². The zero-order chi connectivity index (χ0) is 8.27. The molecule has 2 nitrogen and oxygen atoms in total. The van der Waals surface area contributed by atoms with Crippen LogP contribution in [0.3, 0.4) is 0 Å². The highest BCUT2D eigenvalue weighted by atomic mass is 32.2. The Morgan fingerprint density at radius 3 is 2.27 bits per heavy atom. The minimum atomic E-state index is 0.0412. The van der Waals surface area contributed by atoms with Gasteiger partial charge in [-0.1, -0.05) is 12.1 Å². The Hall–Kier alpha value is -0.800. The van der Waals surface area contributed by atoms with Crippen molar-refractivity contribution in [2.75, 3.05) is 0 Å². The van der Waals surface area contributed by atoms with E-state index >= 15 is 0 Å².